The van der Waals surface area contributed by atoms with Gasteiger partial charge in [-0.15, -0.1) is 11.3 Å². The number of rotatable bonds is 6. The minimum absolute atomic E-state index is 0.0618. The van der Waals surface area contributed by atoms with E-state index in [1.165, 1.54) is 0 Å². The lowest BCUT2D eigenvalue weighted by Crippen LogP contribution is -2.28. The van der Waals surface area contributed by atoms with E-state index in [0.29, 0.717) is 17.9 Å². The van der Waals surface area contributed by atoms with Gasteiger partial charge in [0.05, 0.1) is 6.54 Å². The Hall–Kier alpha value is -2.14. The molecular weight excluding hydrogens is 262 g/mol. The number of benzene rings is 1. The van der Waals surface area contributed by atoms with Gasteiger partial charge in [0.25, 0.3) is 5.91 Å². The van der Waals surface area contributed by atoms with E-state index in [1.54, 1.807) is 35.6 Å². The van der Waals surface area contributed by atoms with Crippen molar-refractivity contribution in [3.05, 3.63) is 52.2 Å². The second-order valence-corrected chi connectivity index (χ2v) is 4.87. The second kappa shape index (κ2) is 6.70. The maximum Gasteiger partial charge on any atom is 0.258 e. The summed E-state index contributed by atoms with van der Waals surface area (Å²) in [6.07, 6.45) is 0.740. The summed E-state index contributed by atoms with van der Waals surface area (Å²) in [6, 6.07) is 10.6. The van der Waals surface area contributed by atoms with Crippen molar-refractivity contribution in [2.24, 2.45) is 0 Å². The smallest absolute Gasteiger partial charge is 0.258 e. The molecule has 2 aromatic rings. The molecule has 0 aliphatic heterocycles. The van der Waals surface area contributed by atoms with Crippen molar-refractivity contribution in [1.82, 2.24) is 5.32 Å². The van der Waals surface area contributed by atoms with E-state index < -0.39 is 0 Å². The first-order valence-corrected chi connectivity index (χ1v) is 6.63. The van der Waals surface area contributed by atoms with E-state index in [2.05, 4.69) is 5.32 Å². The van der Waals surface area contributed by atoms with E-state index >= 15 is 0 Å². The number of carbonyl (C=O) groups excluding carboxylic acids is 2. The van der Waals surface area contributed by atoms with Crippen LogP contribution in [-0.2, 0) is 11.3 Å². The van der Waals surface area contributed by atoms with Gasteiger partial charge in [-0.2, -0.15) is 0 Å². The molecule has 5 heteroatoms. The highest BCUT2D eigenvalue weighted by atomic mass is 32.1. The first-order chi connectivity index (χ1) is 9.28. The lowest BCUT2D eigenvalue weighted by Gasteiger charge is -2.07. The zero-order valence-corrected chi connectivity index (χ0v) is 11.0. The zero-order chi connectivity index (χ0) is 13.5. The molecule has 1 N–H and O–H groups in total. The quantitative estimate of drug-likeness (QED) is 0.823. The Morgan fingerprint density at radius 3 is 2.95 bits per heavy atom. The summed E-state index contributed by atoms with van der Waals surface area (Å²) in [6.45, 7) is 0.446. The molecule has 2 rings (SSSR count). The Labute approximate surface area is 115 Å². The van der Waals surface area contributed by atoms with E-state index in [1.807, 2.05) is 17.5 Å². The molecule has 19 heavy (non-hydrogen) atoms. The molecule has 98 valence electrons. The normalized spacial score (nSPS) is 9.89. The summed E-state index contributed by atoms with van der Waals surface area (Å²) < 4.78 is 5.31. The van der Waals surface area contributed by atoms with Crippen molar-refractivity contribution in [2.75, 3.05) is 6.61 Å². The van der Waals surface area contributed by atoms with Crippen LogP contribution in [0.1, 0.15) is 15.2 Å². The monoisotopic (exact) mass is 275 g/mol. The summed E-state index contributed by atoms with van der Waals surface area (Å²) in [4.78, 5) is 23.3. The van der Waals surface area contributed by atoms with Crippen LogP contribution in [0.25, 0.3) is 0 Å². The molecule has 0 spiro atoms. The fraction of sp³-hybridized carbons (Fsp3) is 0.143. The van der Waals surface area contributed by atoms with Crippen LogP contribution in [-0.4, -0.2) is 18.8 Å². The van der Waals surface area contributed by atoms with Crippen LogP contribution in [0.3, 0.4) is 0 Å². The number of hydrogen-bond donors (Lipinski definition) is 1. The van der Waals surface area contributed by atoms with Crippen molar-refractivity contribution in [3.63, 3.8) is 0 Å². The van der Waals surface area contributed by atoms with E-state index in [9.17, 15) is 9.59 Å². The van der Waals surface area contributed by atoms with Gasteiger partial charge in [-0.3, -0.25) is 9.59 Å². The third-order valence-corrected chi connectivity index (χ3v) is 3.28. The Morgan fingerprint density at radius 1 is 1.32 bits per heavy atom. The fourth-order valence-corrected chi connectivity index (χ4v) is 2.12. The maximum absolute atomic E-state index is 11.6. The van der Waals surface area contributed by atoms with Crippen LogP contribution in [0.5, 0.6) is 5.75 Å². The summed E-state index contributed by atoms with van der Waals surface area (Å²) in [7, 11) is 0. The summed E-state index contributed by atoms with van der Waals surface area (Å²) in [5.41, 5.74) is 0.525. The first-order valence-electron chi connectivity index (χ1n) is 5.75. The molecular formula is C14H13NO3S. The number of aldehydes is 1. The molecule has 4 nitrogen and oxygen atoms in total. The van der Waals surface area contributed by atoms with Crippen molar-refractivity contribution in [2.45, 2.75) is 6.54 Å². The van der Waals surface area contributed by atoms with Gasteiger partial charge in [-0.25, -0.2) is 0 Å². The van der Waals surface area contributed by atoms with E-state index in [4.69, 9.17) is 4.74 Å². The lowest BCUT2D eigenvalue weighted by atomic mass is 10.2. The summed E-state index contributed by atoms with van der Waals surface area (Å²) >= 11 is 1.59. The van der Waals surface area contributed by atoms with Gasteiger partial charge < -0.3 is 10.1 Å². The second-order valence-electron chi connectivity index (χ2n) is 3.84. The van der Waals surface area contributed by atoms with Gasteiger partial charge in [0.15, 0.2) is 6.61 Å². The lowest BCUT2D eigenvalue weighted by molar-refractivity contribution is -0.123. The third-order valence-electron chi connectivity index (χ3n) is 2.40. The molecule has 0 bridgehead atoms. The summed E-state index contributed by atoms with van der Waals surface area (Å²) in [5.74, 6) is 0.320. The number of nitrogens with one attached hydrogen (secondary N) is 1. The molecule has 0 radical (unpaired) electrons. The van der Waals surface area contributed by atoms with Crippen molar-refractivity contribution >= 4 is 23.5 Å². The van der Waals surface area contributed by atoms with Crippen LogP contribution < -0.4 is 10.1 Å². The third kappa shape index (κ3) is 4.22. The highest BCUT2D eigenvalue weighted by Gasteiger charge is 2.03. The van der Waals surface area contributed by atoms with Gasteiger partial charge >= 0.3 is 0 Å². The Kier molecular flexibility index (Phi) is 4.69. The highest BCUT2D eigenvalue weighted by molar-refractivity contribution is 7.09. The number of ether oxygens (including phenoxy) is 1. The Balaban J connectivity index is 1.78. The average Bonchev–Trinajstić information content (AvgIpc) is 2.96. The molecule has 1 amide bonds. The topological polar surface area (TPSA) is 55.4 Å². The number of thiophene rings is 1. The van der Waals surface area contributed by atoms with Crippen LogP contribution in [0.2, 0.25) is 0 Å². The largest absolute Gasteiger partial charge is 0.484 e. The van der Waals surface area contributed by atoms with Gasteiger partial charge in [0, 0.05) is 10.4 Å². The van der Waals surface area contributed by atoms with Gasteiger partial charge in [0.2, 0.25) is 0 Å². The molecule has 0 unspecified atom stereocenters. The van der Waals surface area contributed by atoms with Gasteiger partial charge in [-0.05, 0) is 23.6 Å². The van der Waals surface area contributed by atoms with Gasteiger partial charge in [0.1, 0.15) is 12.0 Å². The van der Waals surface area contributed by atoms with Crippen LogP contribution >= 0.6 is 11.3 Å². The number of amides is 1. The first kappa shape index (κ1) is 13.3. The van der Waals surface area contributed by atoms with Crippen molar-refractivity contribution in [1.29, 1.82) is 0 Å². The predicted molar refractivity (Wildman–Crippen MR) is 73.5 cm³/mol. The minimum Gasteiger partial charge on any atom is -0.484 e. The minimum atomic E-state index is -0.190. The van der Waals surface area contributed by atoms with E-state index in [-0.39, 0.29) is 12.5 Å². The fourth-order valence-electron chi connectivity index (χ4n) is 1.48. The SMILES string of the molecule is O=Cc1cccc(OCC(=O)NCc2cccs2)c1. The van der Waals surface area contributed by atoms with Crippen molar-refractivity contribution in [3.8, 4) is 5.75 Å². The predicted octanol–water partition coefficient (Wildman–Crippen LogP) is 2.26. The average molecular weight is 275 g/mol. The van der Waals surface area contributed by atoms with Crippen LogP contribution in [0.15, 0.2) is 41.8 Å². The molecule has 0 saturated carbocycles. The van der Waals surface area contributed by atoms with Gasteiger partial charge in [-0.1, -0.05) is 18.2 Å². The molecule has 1 heterocycles. The molecule has 0 saturated heterocycles. The molecule has 0 aliphatic rings. The zero-order valence-electron chi connectivity index (χ0n) is 10.2. The maximum atomic E-state index is 11.6. The molecule has 1 aromatic heterocycles. The summed E-state index contributed by atoms with van der Waals surface area (Å²) in [5, 5.41) is 4.72. The molecule has 0 fully saturated rings. The molecule has 1 aromatic carbocycles. The van der Waals surface area contributed by atoms with Crippen LogP contribution in [0.4, 0.5) is 0 Å². The standard InChI is InChI=1S/C14H13NO3S/c16-9-11-3-1-4-12(7-11)18-10-14(17)15-8-13-5-2-6-19-13/h1-7,9H,8,10H2,(H,15,17). The number of hydrogen-bond acceptors (Lipinski definition) is 4. The van der Waals surface area contributed by atoms with Crippen molar-refractivity contribution < 1.29 is 14.3 Å². The van der Waals surface area contributed by atoms with Crippen LogP contribution in [0, 0.1) is 0 Å². The molecule has 0 aliphatic carbocycles. The number of carbonyl (C=O) groups is 2. The Morgan fingerprint density at radius 2 is 2.21 bits per heavy atom. The molecule has 0 atom stereocenters. The van der Waals surface area contributed by atoms with E-state index in [0.717, 1.165) is 11.2 Å². The Bertz CT molecular complexity index is 552. The highest BCUT2D eigenvalue weighted by Crippen LogP contribution is 2.11.